The van der Waals surface area contributed by atoms with Gasteiger partial charge in [0.05, 0.1) is 12.0 Å². The highest BCUT2D eigenvalue weighted by atomic mass is 32.2. The number of ether oxygens (including phenoxy) is 2. The summed E-state index contributed by atoms with van der Waals surface area (Å²) in [6.45, 7) is 0.685. The van der Waals surface area contributed by atoms with E-state index in [0.29, 0.717) is 36.4 Å². The lowest BCUT2D eigenvalue weighted by atomic mass is 10.2. The number of amides is 1. The van der Waals surface area contributed by atoms with E-state index < -0.39 is 15.9 Å². The molecular weight excluding hydrogens is 396 g/mol. The van der Waals surface area contributed by atoms with Crippen LogP contribution in [0.2, 0.25) is 0 Å². The average Bonchev–Trinajstić information content (AvgIpc) is 3.28. The maximum absolute atomic E-state index is 12.7. The molecule has 1 aliphatic heterocycles. The monoisotopic (exact) mass is 418 g/mol. The topological polar surface area (TPSA) is 102 Å². The number of hydrogen-bond donors (Lipinski definition) is 1. The molecule has 0 spiro atoms. The minimum Gasteiger partial charge on any atom is -0.493 e. The molecule has 0 saturated carbocycles. The van der Waals surface area contributed by atoms with Crippen molar-refractivity contribution in [3.8, 4) is 11.5 Å². The lowest BCUT2D eigenvalue weighted by Crippen LogP contribution is -2.28. The summed E-state index contributed by atoms with van der Waals surface area (Å²) < 4.78 is 37.4. The molecule has 0 unspecified atom stereocenters. The second kappa shape index (κ2) is 9.06. The first-order valence-corrected chi connectivity index (χ1v) is 10.5. The van der Waals surface area contributed by atoms with E-state index in [1.54, 1.807) is 24.3 Å². The van der Waals surface area contributed by atoms with Crippen LogP contribution in [-0.2, 0) is 14.8 Å². The molecule has 0 atom stereocenters. The van der Waals surface area contributed by atoms with E-state index in [9.17, 15) is 18.0 Å². The van der Waals surface area contributed by atoms with Crippen LogP contribution in [0.3, 0.4) is 0 Å². The Morgan fingerprint density at radius 1 is 1.14 bits per heavy atom. The Kier molecular flexibility index (Phi) is 6.50. The predicted octanol–water partition coefficient (Wildman–Crippen LogP) is 2.31. The van der Waals surface area contributed by atoms with Gasteiger partial charge in [0.25, 0.3) is 5.91 Å². The van der Waals surface area contributed by atoms with Gasteiger partial charge in [-0.1, -0.05) is 6.07 Å². The summed E-state index contributed by atoms with van der Waals surface area (Å²) in [7, 11) is -2.11. The van der Waals surface area contributed by atoms with Gasteiger partial charge in [0.2, 0.25) is 10.0 Å². The lowest BCUT2D eigenvalue weighted by molar-refractivity contribution is -0.118. The predicted molar refractivity (Wildman–Crippen MR) is 107 cm³/mol. The van der Waals surface area contributed by atoms with Crippen molar-refractivity contribution in [2.75, 3.05) is 32.1 Å². The third-order valence-electron chi connectivity index (χ3n) is 4.50. The second-order valence-electron chi connectivity index (χ2n) is 6.50. The number of carbonyl (C=O) groups excluding carboxylic acids is 2. The molecule has 2 aromatic rings. The van der Waals surface area contributed by atoms with Crippen molar-refractivity contribution in [1.29, 1.82) is 0 Å². The minimum absolute atomic E-state index is 0.137. The van der Waals surface area contributed by atoms with E-state index >= 15 is 0 Å². The first-order valence-electron chi connectivity index (χ1n) is 9.10. The summed E-state index contributed by atoms with van der Waals surface area (Å²) in [5.41, 5.74) is 0.744. The van der Waals surface area contributed by atoms with Gasteiger partial charge in [0, 0.05) is 24.3 Å². The van der Waals surface area contributed by atoms with Crippen molar-refractivity contribution in [1.82, 2.24) is 4.31 Å². The molecule has 2 aromatic carbocycles. The van der Waals surface area contributed by atoms with Crippen molar-refractivity contribution < 1.29 is 27.5 Å². The molecule has 1 amide bonds. The number of carbonyl (C=O) groups is 2. The van der Waals surface area contributed by atoms with Crippen LogP contribution in [0.5, 0.6) is 11.5 Å². The van der Waals surface area contributed by atoms with Gasteiger partial charge in [-0.05, 0) is 49.2 Å². The molecule has 1 fully saturated rings. The van der Waals surface area contributed by atoms with Gasteiger partial charge in [0.15, 0.2) is 18.1 Å². The lowest BCUT2D eigenvalue weighted by Gasteiger charge is -2.16. The number of aldehydes is 1. The maximum Gasteiger partial charge on any atom is 0.262 e. The van der Waals surface area contributed by atoms with Crippen LogP contribution < -0.4 is 14.8 Å². The third kappa shape index (κ3) is 4.93. The first kappa shape index (κ1) is 20.8. The summed E-state index contributed by atoms with van der Waals surface area (Å²) in [4.78, 5) is 23.3. The number of sulfonamides is 1. The van der Waals surface area contributed by atoms with Gasteiger partial charge in [-0.3, -0.25) is 9.59 Å². The molecule has 3 rings (SSSR count). The fraction of sp³-hybridized carbons (Fsp3) is 0.300. The van der Waals surface area contributed by atoms with Gasteiger partial charge in [-0.25, -0.2) is 8.42 Å². The van der Waals surface area contributed by atoms with Gasteiger partial charge in [0.1, 0.15) is 6.29 Å². The number of nitrogens with zero attached hydrogens (tertiary/aromatic N) is 1. The summed E-state index contributed by atoms with van der Waals surface area (Å²) in [6, 6.07) is 10.7. The molecule has 8 nitrogen and oxygen atoms in total. The fourth-order valence-electron chi connectivity index (χ4n) is 3.03. The molecule has 29 heavy (non-hydrogen) atoms. The van der Waals surface area contributed by atoms with E-state index in [1.807, 2.05) is 0 Å². The number of hydrogen-bond acceptors (Lipinski definition) is 6. The molecular formula is C20H22N2O6S. The Balaban J connectivity index is 1.66. The molecule has 1 heterocycles. The van der Waals surface area contributed by atoms with E-state index in [4.69, 9.17) is 9.47 Å². The molecule has 0 radical (unpaired) electrons. The molecule has 0 aliphatic carbocycles. The van der Waals surface area contributed by atoms with E-state index in [1.165, 1.54) is 29.6 Å². The molecule has 154 valence electrons. The Bertz CT molecular complexity index is 1000. The number of methoxy groups -OCH3 is 1. The minimum atomic E-state index is -3.57. The Morgan fingerprint density at radius 3 is 2.59 bits per heavy atom. The average molecular weight is 418 g/mol. The molecule has 1 saturated heterocycles. The van der Waals surface area contributed by atoms with Crippen molar-refractivity contribution >= 4 is 27.9 Å². The zero-order valence-corrected chi connectivity index (χ0v) is 16.8. The summed E-state index contributed by atoms with van der Waals surface area (Å²) in [5, 5.41) is 2.62. The van der Waals surface area contributed by atoms with E-state index in [2.05, 4.69) is 5.32 Å². The third-order valence-corrected chi connectivity index (χ3v) is 6.40. The molecule has 1 aliphatic rings. The SMILES string of the molecule is COc1ccc(C=O)cc1OCC(=O)Nc1cccc(S(=O)(=O)N2CCCC2)c1. The van der Waals surface area contributed by atoms with Gasteiger partial charge in [-0.15, -0.1) is 0 Å². The van der Waals surface area contributed by atoms with Crippen molar-refractivity contribution in [3.63, 3.8) is 0 Å². The summed E-state index contributed by atoms with van der Waals surface area (Å²) >= 11 is 0. The Morgan fingerprint density at radius 2 is 1.90 bits per heavy atom. The molecule has 0 aromatic heterocycles. The smallest absolute Gasteiger partial charge is 0.262 e. The van der Waals surface area contributed by atoms with Gasteiger partial charge >= 0.3 is 0 Å². The highest BCUT2D eigenvalue weighted by molar-refractivity contribution is 7.89. The van der Waals surface area contributed by atoms with Crippen LogP contribution in [0.1, 0.15) is 23.2 Å². The maximum atomic E-state index is 12.7. The van der Waals surface area contributed by atoms with Crippen molar-refractivity contribution in [2.24, 2.45) is 0 Å². The molecule has 0 bridgehead atoms. The number of rotatable bonds is 8. The second-order valence-corrected chi connectivity index (χ2v) is 8.44. The van der Waals surface area contributed by atoms with Gasteiger partial charge < -0.3 is 14.8 Å². The Labute approximate surface area is 169 Å². The van der Waals surface area contributed by atoms with Gasteiger partial charge in [-0.2, -0.15) is 4.31 Å². The zero-order chi connectivity index (χ0) is 20.9. The number of anilines is 1. The quantitative estimate of drug-likeness (QED) is 0.660. The van der Waals surface area contributed by atoms with Crippen LogP contribution in [0.25, 0.3) is 0 Å². The van der Waals surface area contributed by atoms with E-state index in [0.717, 1.165) is 12.8 Å². The largest absolute Gasteiger partial charge is 0.493 e. The van der Waals surface area contributed by atoms with E-state index in [-0.39, 0.29) is 17.3 Å². The first-order chi connectivity index (χ1) is 13.9. The number of benzene rings is 2. The van der Waals surface area contributed by atoms with Crippen molar-refractivity contribution in [3.05, 3.63) is 48.0 Å². The van der Waals surface area contributed by atoms with Crippen LogP contribution in [0.15, 0.2) is 47.4 Å². The summed E-state index contributed by atoms with van der Waals surface area (Å²) in [5.74, 6) is 0.180. The zero-order valence-electron chi connectivity index (χ0n) is 16.0. The van der Waals surface area contributed by atoms with Crippen LogP contribution in [-0.4, -0.2) is 51.7 Å². The normalized spacial score (nSPS) is 14.4. The highest BCUT2D eigenvalue weighted by Gasteiger charge is 2.27. The molecule has 1 N–H and O–H groups in total. The Hall–Kier alpha value is -2.91. The van der Waals surface area contributed by atoms with Crippen LogP contribution in [0.4, 0.5) is 5.69 Å². The fourth-order valence-corrected chi connectivity index (χ4v) is 4.60. The summed E-state index contributed by atoms with van der Waals surface area (Å²) in [6.07, 6.45) is 2.36. The number of nitrogens with one attached hydrogen (secondary N) is 1. The van der Waals surface area contributed by atoms with Crippen LogP contribution in [0, 0.1) is 0 Å². The highest BCUT2D eigenvalue weighted by Crippen LogP contribution is 2.27. The standard InChI is InChI=1S/C20H22N2O6S/c1-27-18-8-7-15(13-23)11-19(18)28-14-20(24)21-16-5-4-6-17(12-16)29(25,26)22-9-2-3-10-22/h4-8,11-13H,2-3,9-10,14H2,1H3,(H,21,24). The van der Waals surface area contributed by atoms with Crippen LogP contribution >= 0.6 is 0 Å². The molecule has 9 heteroatoms. The van der Waals surface area contributed by atoms with Crippen molar-refractivity contribution in [2.45, 2.75) is 17.7 Å².